The van der Waals surface area contributed by atoms with Crippen molar-refractivity contribution >= 4 is 23.8 Å². The van der Waals surface area contributed by atoms with Crippen LogP contribution < -0.4 is 16.0 Å². The highest BCUT2D eigenvalue weighted by Crippen LogP contribution is 2.05. The maximum absolute atomic E-state index is 11.6. The first kappa shape index (κ1) is 14.9. The number of carboxylic acid groups (broad SMARTS) is 1. The average Bonchev–Trinajstić information content (AvgIpc) is 2.29. The summed E-state index contributed by atoms with van der Waals surface area (Å²) in [6.45, 7) is 3.32. The first-order valence-electron chi connectivity index (χ1n) is 5.94. The molecule has 0 radical (unpaired) electrons. The summed E-state index contributed by atoms with van der Waals surface area (Å²) < 4.78 is 0. The summed E-state index contributed by atoms with van der Waals surface area (Å²) in [7, 11) is 0. The number of piperidine rings is 1. The quantitative estimate of drug-likeness (QED) is 0.498. The Labute approximate surface area is 109 Å². The monoisotopic (exact) mass is 271 g/mol. The largest absolute Gasteiger partial charge is 0.480 e. The van der Waals surface area contributed by atoms with E-state index in [1.807, 2.05) is 0 Å². The number of nitrogens with one attached hydrogen (secondary N) is 3. The van der Waals surface area contributed by atoms with Gasteiger partial charge in [-0.2, -0.15) is 0 Å². The molecular weight excluding hydrogens is 254 g/mol. The smallest absolute Gasteiger partial charge is 0.326 e. The van der Waals surface area contributed by atoms with Crippen LogP contribution in [-0.2, 0) is 14.4 Å². The van der Waals surface area contributed by atoms with Gasteiger partial charge < -0.3 is 15.7 Å². The Morgan fingerprint density at radius 2 is 2.00 bits per heavy atom. The Kier molecular flexibility index (Phi) is 4.85. The van der Waals surface area contributed by atoms with Crippen LogP contribution in [0.1, 0.15) is 26.7 Å². The number of amides is 4. The molecule has 4 amide bonds. The lowest BCUT2D eigenvalue weighted by Crippen LogP contribution is -2.57. The molecule has 1 saturated heterocycles. The van der Waals surface area contributed by atoms with Gasteiger partial charge in [0.05, 0.1) is 0 Å². The number of aliphatic carboxylic acids is 1. The van der Waals surface area contributed by atoms with Crippen LogP contribution in [-0.4, -0.2) is 41.0 Å². The van der Waals surface area contributed by atoms with E-state index in [2.05, 4.69) is 16.0 Å². The highest BCUT2D eigenvalue weighted by Gasteiger charge is 2.29. The van der Waals surface area contributed by atoms with Crippen LogP contribution in [0.3, 0.4) is 0 Å². The predicted molar refractivity (Wildman–Crippen MR) is 64.1 cm³/mol. The van der Waals surface area contributed by atoms with E-state index in [-0.39, 0.29) is 24.7 Å². The molecule has 0 aromatic carbocycles. The normalized spacial score (nSPS) is 20.7. The SMILES string of the molecule is CC(C)C(NC(=O)NC1CCC(=O)NC1=O)C(=O)O. The van der Waals surface area contributed by atoms with E-state index in [0.29, 0.717) is 0 Å². The van der Waals surface area contributed by atoms with E-state index in [1.165, 1.54) is 0 Å². The summed E-state index contributed by atoms with van der Waals surface area (Å²) in [5.74, 6) is -2.39. The van der Waals surface area contributed by atoms with Crippen molar-refractivity contribution in [2.45, 2.75) is 38.8 Å². The fraction of sp³-hybridized carbons (Fsp3) is 0.636. The Balaban J connectivity index is 2.53. The van der Waals surface area contributed by atoms with Crippen LogP contribution >= 0.6 is 0 Å². The van der Waals surface area contributed by atoms with Crippen molar-refractivity contribution in [2.75, 3.05) is 0 Å². The summed E-state index contributed by atoms with van der Waals surface area (Å²) in [5, 5.41) is 15.6. The van der Waals surface area contributed by atoms with Crippen molar-refractivity contribution in [3.63, 3.8) is 0 Å². The van der Waals surface area contributed by atoms with Crippen LogP contribution in [0.5, 0.6) is 0 Å². The molecule has 1 rings (SSSR count). The van der Waals surface area contributed by atoms with Crippen molar-refractivity contribution in [2.24, 2.45) is 5.92 Å². The number of carbonyl (C=O) groups is 4. The molecule has 1 aliphatic rings. The molecule has 8 nitrogen and oxygen atoms in total. The number of carbonyl (C=O) groups excluding carboxylic acids is 3. The number of hydrogen-bond acceptors (Lipinski definition) is 4. The van der Waals surface area contributed by atoms with Gasteiger partial charge in [0.2, 0.25) is 11.8 Å². The van der Waals surface area contributed by atoms with Crippen LogP contribution in [0.2, 0.25) is 0 Å². The number of hydrogen-bond donors (Lipinski definition) is 4. The first-order valence-corrected chi connectivity index (χ1v) is 5.94. The maximum atomic E-state index is 11.6. The zero-order chi connectivity index (χ0) is 14.6. The fourth-order valence-corrected chi connectivity index (χ4v) is 1.69. The van der Waals surface area contributed by atoms with Crippen molar-refractivity contribution in [3.8, 4) is 0 Å². The highest BCUT2D eigenvalue weighted by atomic mass is 16.4. The molecule has 1 heterocycles. The molecule has 0 aromatic rings. The Hall–Kier alpha value is -2.12. The van der Waals surface area contributed by atoms with Gasteiger partial charge in [-0.3, -0.25) is 14.9 Å². The minimum atomic E-state index is -1.14. The maximum Gasteiger partial charge on any atom is 0.326 e. The van der Waals surface area contributed by atoms with Gasteiger partial charge in [-0.1, -0.05) is 13.8 Å². The third-order valence-electron chi connectivity index (χ3n) is 2.76. The van der Waals surface area contributed by atoms with Crippen LogP contribution in [0.25, 0.3) is 0 Å². The molecule has 1 fully saturated rings. The van der Waals surface area contributed by atoms with Gasteiger partial charge in [-0.05, 0) is 12.3 Å². The lowest BCUT2D eigenvalue weighted by atomic mass is 10.0. The number of urea groups is 1. The Bertz CT molecular complexity index is 407. The van der Waals surface area contributed by atoms with Gasteiger partial charge in [-0.15, -0.1) is 0 Å². The molecule has 8 heteroatoms. The zero-order valence-corrected chi connectivity index (χ0v) is 10.7. The molecule has 0 bridgehead atoms. The molecule has 2 unspecified atom stereocenters. The minimum Gasteiger partial charge on any atom is -0.480 e. The molecule has 4 N–H and O–H groups in total. The topological polar surface area (TPSA) is 125 Å². The number of carboxylic acids is 1. The van der Waals surface area contributed by atoms with Crippen molar-refractivity contribution in [3.05, 3.63) is 0 Å². The van der Waals surface area contributed by atoms with Gasteiger partial charge in [0, 0.05) is 6.42 Å². The zero-order valence-electron chi connectivity index (χ0n) is 10.7. The average molecular weight is 271 g/mol. The number of rotatable bonds is 4. The summed E-state index contributed by atoms with van der Waals surface area (Å²) in [6, 6.07) is -2.59. The summed E-state index contributed by atoms with van der Waals surface area (Å²) in [5.41, 5.74) is 0. The van der Waals surface area contributed by atoms with E-state index < -0.39 is 30.0 Å². The summed E-state index contributed by atoms with van der Waals surface area (Å²) >= 11 is 0. The van der Waals surface area contributed by atoms with Gasteiger partial charge >= 0.3 is 12.0 Å². The number of imide groups is 1. The predicted octanol–water partition coefficient (Wildman–Crippen LogP) is -0.800. The second-order valence-electron chi connectivity index (χ2n) is 4.68. The molecule has 106 valence electrons. The van der Waals surface area contributed by atoms with Crippen LogP contribution in [0.15, 0.2) is 0 Å². The van der Waals surface area contributed by atoms with E-state index in [0.717, 1.165) is 0 Å². The third-order valence-corrected chi connectivity index (χ3v) is 2.76. The molecule has 1 aliphatic heterocycles. The molecule has 0 spiro atoms. The molecular formula is C11H17N3O5. The highest BCUT2D eigenvalue weighted by molar-refractivity contribution is 6.01. The minimum absolute atomic E-state index is 0.142. The first-order chi connectivity index (χ1) is 8.81. The second kappa shape index (κ2) is 6.17. The lowest BCUT2D eigenvalue weighted by Gasteiger charge is -2.24. The van der Waals surface area contributed by atoms with Crippen molar-refractivity contribution < 1.29 is 24.3 Å². The molecule has 0 aromatic heterocycles. The van der Waals surface area contributed by atoms with E-state index >= 15 is 0 Å². The lowest BCUT2D eigenvalue weighted by molar-refractivity contribution is -0.140. The van der Waals surface area contributed by atoms with Gasteiger partial charge in [0.25, 0.3) is 0 Å². The van der Waals surface area contributed by atoms with Gasteiger partial charge in [0.1, 0.15) is 12.1 Å². The van der Waals surface area contributed by atoms with Gasteiger partial charge in [0.15, 0.2) is 0 Å². The van der Waals surface area contributed by atoms with Crippen molar-refractivity contribution in [1.82, 2.24) is 16.0 Å². The molecule has 19 heavy (non-hydrogen) atoms. The van der Waals surface area contributed by atoms with Crippen LogP contribution in [0.4, 0.5) is 4.79 Å². The van der Waals surface area contributed by atoms with E-state index in [4.69, 9.17) is 5.11 Å². The molecule has 2 atom stereocenters. The van der Waals surface area contributed by atoms with Crippen molar-refractivity contribution in [1.29, 1.82) is 0 Å². The Morgan fingerprint density at radius 1 is 1.37 bits per heavy atom. The summed E-state index contributed by atoms with van der Waals surface area (Å²) in [6.07, 6.45) is 0.348. The molecule has 0 saturated carbocycles. The fourth-order valence-electron chi connectivity index (χ4n) is 1.69. The van der Waals surface area contributed by atoms with Gasteiger partial charge in [-0.25, -0.2) is 9.59 Å². The van der Waals surface area contributed by atoms with Crippen LogP contribution in [0, 0.1) is 5.92 Å². The van der Waals surface area contributed by atoms with E-state index in [1.54, 1.807) is 13.8 Å². The standard InChI is InChI=1S/C11H17N3O5/c1-5(2)8(10(17)18)14-11(19)12-6-3-4-7(15)13-9(6)16/h5-6,8H,3-4H2,1-2H3,(H,17,18)(H2,12,14,19)(H,13,15,16). The second-order valence-corrected chi connectivity index (χ2v) is 4.68. The Morgan fingerprint density at radius 3 is 2.47 bits per heavy atom. The van der Waals surface area contributed by atoms with E-state index in [9.17, 15) is 19.2 Å². The molecule has 0 aliphatic carbocycles. The third kappa shape index (κ3) is 4.23. The summed E-state index contributed by atoms with van der Waals surface area (Å²) in [4.78, 5) is 44.8.